The normalized spacial score (nSPS) is 16.7. The Balaban J connectivity index is 0.000000293. The quantitative estimate of drug-likeness (QED) is 0.543. The summed E-state index contributed by atoms with van der Waals surface area (Å²) in [5.74, 6) is -0.372. The number of hydrogen-bond donors (Lipinski definition) is 1. The second kappa shape index (κ2) is 10.0. The number of carbonyl (C=O) groups is 2. The van der Waals surface area contributed by atoms with Crippen molar-refractivity contribution in [2.45, 2.75) is 50.2 Å². The van der Waals surface area contributed by atoms with Crippen LogP contribution in [0.15, 0.2) is 33.6 Å². The van der Waals surface area contributed by atoms with Gasteiger partial charge in [0.2, 0.25) is 0 Å². The van der Waals surface area contributed by atoms with Gasteiger partial charge in [0, 0.05) is 28.0 Å². The van der Waals surface area contributed by atoms with Crippen molar-refractivity contribution in [1.29, 1.82) is 0 Å². The molecule has 0 aromatic heterocycles. The number of halogens is 1. The summed E-state index contributed by atoms with van der Waals surface area (Å²) < 4.78 is 19.4. The van der Waals surface area contributed by atoms with Gasteiger partial charge in [-0.25, -0.2) is 9.59 Å². The van der Waals surface area contributed by atoms with Gasteiger partial charge in [-0.05, 0) is 57.9 Å². The van der Waals surface area contributed by atoms with Gasteiger partial charge in [0.15, 0.2) is 0 Å². The van der Waals surface area contributed by atoms with Crippen LogP contribution in [0.25, 0.3) is 0 Å². The summed E-state index contributed by atoms with van der Waals surface area (Å²) >= 11 is 4.04. The summed E-state index contributed by atoms with van der Waals surface area (Å²) in [7, 11) is 1.33. The van der Waals surface area contributed by atoms with E-state index in [-0.39, 0.29) is 5.97 Å². The molecule has 8 heteroatoms. The van der Waals surface area contributed by atoms with Crippen LogP contribution < -0.4 is 0 Å². The topological polar surface area (TPSA) is 76.1 Å². The van der Waals surface area contributed by atoms with E-state index in [1.165, 1.54) is 12.0 Å². The molecule has 0 bridgehead atoms. The summed E-state index contributed by atoms with van der Waals surface area (Å²) in [6.45, 7) is 5.95. The first kappa shape index (κ1) is 21.8. The number of carbonyl (C=O) groups excluding carboxylic acids is 2. The summed E-state index contributed by atoms with van der Waals surface area (Å²) in [5.41, 5.74) is -0.541. The van der Waals surface area contributed by atoms with Crippen LogP contribution in [0, 0.1) is 0 Å². The molecule has 1 aromatic rings. The van der Waals surface area contributed by atoms with Gasteiger partial charge < -0.3 is 14.0 Å². The molecule has 140 valence electrons. The summed E-state index contributed by atoms with van der Waals surface area (Å²) in [4.78, 5) is 25.5. The van der Waals surface area contributed by atoms with Crippen LogP contribution in [-0.4, -0.2) is 46.8 Å². The Labute approximate surface area is 161 Å². The Morgan fingerprint density at radius 2 is 1.88 bits per heavy atom. The van der Waals surface area contributed by atoms with E-state index in [1.54, 1.807) is 20.8 Å². The van der Waals surface area contributed by atoms with Crippen molar-refractivity contribution in [3.05, 3.63) is 28.7 Å². The zero-order valence-electron chi connectivity index (χ0n) is 14.8. The van der Waals surface area contributed by atoms with Gasteiger partial charge in [0.25, 0.3) is 0 Å². The lowest BCUT2D eigenvalue weighted by molar-refractivity contribution is -0.145. The van der Waals surface area contributed by atoms with Gasteiger partial charge >= 0.3 is 12.1 Å². The number of ether oxygens (including phenoxy) is 2. The minimum absolute atomic E-state index is 0.372. The van der Waals surface area contributed by atoms with Gasteiger partial charge in [0.05, 0.1) is 7.11 Å². The van der Waals surface area contributed by atoms with Crippen LogP contribution in [0.5, 0.6) is 0 Å². The predicted molar refractivity (Wildman–Crippen MR) is 101 cm³/mol. The molecule has 2 rings (SSSR count). The number of benzene rings is 1. The third-order valence-corrected chi connectivity index (χ3v) is 4.28. The van der Waals surface area contributed by atoms with Crippen LogP contribution in [0.3, 0.4) is 0 Å². The van der Waals surface area contributed by atoms with E-state index in [0.29, 0.717) is 13.0 Å². The highest BCUT2D eigenvalue weighted by atomic mass is 79.9. The average Bonchev–Trinajstić information content (AvgIpc) is 3.04. The molecule has 1 amide bonds. The fraction of sp³-hybridized carbons (Fsp3) is 0.529. The minimum atomic E-state index is -0.541. The van der Waals surface area contributed by atoms with Gasteiger partial charge in [-0.3, -0.25) is 4.90 Å². The molecule has 6 nitrogen and oxygen atoms in total. The number of hydrogen-bond acceptors (Lipinski definition) is 6. The Morgan fingerprint density at radius 1 is 1.28 bits per heavy atom. The Hall–Kier alpha value is -1.25. The SMILES string of the molecule is COC(=O)C1CCCN1C(=O)OC(C)(C)C.OSc1ccc(Br)cc1. The standard InChI is InChI=1S/C11H19NO4.C6H5BrOS/c1-11(2,3)16-10(14)12-7-5-6-8(12)9(13)15-4;7-5-1-3-6(9-8)4-2-5/h8H,5-7H2,1-4H3;1-4,8H. The van der Waals surface area contributed by atoms with E-state index in [0.717, 1.165) is 27.8 Å². The summed E-state index contributed by atoms with van der Waals surface area (Å²) in [5, 5.41) is 0. The third kappa shape index (κ3) is 7.66. The molecular formula is C17H24BrNO5S. The first-order chi connectivity index (χ1) is 11.7. The second-order valence-corrected chi connectivity index (χ2v) is 7.97. The van der Waals surface area contributed by atoms with E-state index in [1.807, 2.05) is 24.3 Å². The van der Waals surface area contributed by atoms with E-state index in [2.05, 4.69) is 20.7 Å². The molecular weight excluding hydrogens is 410 g/mol. The fourth-order valence-electron chi connectivity index (χ4n) is 2.18. The Morgan fingerprint density at radius 3 is 2.36 bits per heavy atom. The van der Waals surface area contributed by atoms with Crippen molar-refractivity contribution in [3.63, 3.8) is 0 Å². The maximum atomic E-state index is 11.8. The number of rotatable bonds is 2. The molecule has 0 radical (unpaired) electrons. The maximum absolute atomic E-state index is 11.8. The highest BCUT2D eigenvalue weighted by Gasteiger charge is 2.37. The molecule has 1 unspecified atom stereocenters. The van der Waals surface area contributed by atoms with Gasteiger partial charge in [-0.2, -0.15) is 0 Å². The lowest BCUT2D eigenvalue weighted by atomic mass is 10.2. The minimum Gasteiger partial charge on any atom is -0.467 e. The van der Waals surface area contributed by atoms with Crippen LogP contribution in [0.1, 0.15) is 33.6 Å². The van der Waals surface area contributed by atoms with Crippen LogP contribution in [-0.2, 0) is 14.3 Å². The van der Waals surface area contributed by atoms with Crippen molar-refractivity contribution in [3.8, 4) is 0 Å². The fourth-order valence-corrected chi connectivity index (χ4v) is 2.70. The smallest absolute Gasteiger partial charge is 0.411 e. The first-order valence-corrected chi connectivity index (χ1v) is 9.39. The molecule has 1 N–H and O–H groups in total. The van der Waals surface area contributed by atoms with Gasteiger partial charge in [-0.15, -0.1) is 0 Å². The van der Waals surface area contributed by atoms with E-state index >= 15 is 0 Å². The largest absolute Gasteiger partial charge is 0.467 e. The van der Waals surface area contributed by atoms with Crippen molar-refractivity contribution in [2.24, 2.45) is 0 Å². The number of methoxy groups -OCH3 is 1. The molecule has 1 heterocycles. The zero-order chi connectivity index (χ0) is 19.0. The van der Waals surface area contributed by atoms with Gasteiger partial charge in [0.1, 0.15) is 11.6 Å². The highest BCUT2D eigenvalue weighted by Crippen LogP contribution is 2.21. The molecule has 0 aliphatic carbocycles. The lowest BCUT2D eigenvalue weighted by Crippen LogP contribution is -2.43. The molecule has 0 saturated carbocycles. The molecule has 1 aromatic carbocycles. The Kier molecular flexibility index (Phi) is 8.75. The first-order valence-electron chi connectivity index (χ1n) is 7.82. The molecule has 1 aliphatic heterocycles. The molecule has 25 heavy (non-hydrogen) atoms. The molecule has 1 aliphatic rings. The molecule has 0 spiro atoms. The van der Waals surface area contributed by atoms with Crippen LogP contribution in [0.4, 0.5) is 4.79 Å². The van der Waals surface area contributed by atoms with Crippen molar-refractivity contribution < 1.29 is 23.6 Å². The van der Waals surface area contributed by atoms with Crippen LogP contribution >= 0.6 is 28.0 Å². The number of amides is 1. The van der Waals surface area contributed by atoms with E-state index < -0.39 is 17.7 Å². The monoisotopic (exact) mass is 433 g/mol. The highest BCUT2D eigenvalue weighted by molar-refractivity contribution is 9.10. The molecule has 1 saturated heterocycles. The summed E-state index contributed by atoms with van der Waals surface area (Å²) in [6.07, 6.45) is 1.01. The van der Waals surface area contributed by atoms with Crippen molar-refractivity contribution in [1.82, 2.24) is 4.90 Å². The van der Waals surface area contributed by atoms with Gasteiger partial charge in [-0.1, -0.05) is 15.9 Å². The van der Waals surface area contributed by atoms with Crippen molar-refractivity contribution >= 4 is 40.0 Å². The molecule has 1 fully saturated rings. The third-order valence-electron chi connectivity index (χ3n) is 3.27. The summed E-state index contributed by atoms with van der Waals surface area (Å²) in [6, 6.07) is 6.97. The second-order valence-electron chi connectivity index (χ2n) is 6.40. The number of likely N-dealkylation sites (tertiary alicyclic amines) is 1. The lowest BCUT2D eigenvalue weighted by Gasteiger charge is -2.27. The zero-order valence-corrected chi connectivity index (χ0v) is 17.2. The number of esters is 1. The maximum Gasteiger partial charge on any atom is 0.411 e. The predicted octanol–water partition coefficient (Wildman–Crippen LogP) is 4.57. The van der Waals surface area contributed by atoms with Crippen LogP contribution in [0.2, 0.25) is 0 Å². The average molecular weight is 434 g/mol. The molecule has 1 atom stereocenters. The number of nitrogens with zero attached hydrogens (tertiary/aromatic N) is 1. The van der Waals surface area contributed by atoms with E-state index in [9.17, 15) is 9.59 Å². The Bertz CT molecular complexity index is 573. The van der Waals surface area contributed by atoms with E-state index in [4.69, 9.17) is 9.29 Å². The van der Waals surface area contributed by atoms with Crippen molar-refractivity contribution in [2.75, 3.05) is 13.7 Å².